The van der Waals surface area contributed by atoms with Gasteiger partial charge >= 0.3 is 5.97 Å². The Balaban J connectivity index is 2.07. The van der Waals surface area contributed by atoms with Crippen molar-refractivity contribution in [1.82, 2.24) is 0 Å². The number of morpholine rings is 1. The summed E-state index contributed by atoms with van der Waals surface area (Å²) in [6.45, 7) is 8.12. The molecule has 1 aromatic carbocycles. The lowest BCUT2D eigenvalue weighted by Crippen LogP contribution is -2.45. The van der Waals surface area contributed by atoms with Crippen LogP contribution < -0.4 is 4.90 Å². The molecule has 1 aromatic rings. The zero-order valence-electron chi connectivity index (χ0n) is 11.8. The van der Waals surface area contributed by atoms with Crippen molar-refractivity contribution >= 4 is 11.7 Å². The van der Waals surface area contributed by atoms with Gasteiger partial charge in [0.05, 0.1) is 24.4 Å². The van der Waals surface area contributed by atoms with E-state index in [0.29, 0.717) is 12.2 Å². The minimum Gasteiger partial charge on any atom is -0.462 e. The van der Waals surface area contributed by atoms with Gasteiger partial charge in [-0.2, -0.15) is 0 Å². The van der Waals surface area contributed by atoms with E-state index in [4.69, 9.17) is 9.47 Å². The van der Waals surface area contributed by atoms with E-state index in [1.165, 1.54) is 0 Å². The second-order valence-electron chi connectivity index (χ2n) is 4.93. The number of hydrogen-bond acceptors (Lipinski definition) is 4. The van der Waals surface area contributed by atoms with Crippen LogP contribution in [0.3, 0.4) is 0 Å². The summed E-state index contributed by atoms with van der Waals surface area (Å²) in [6.07, 6.45) is 0.460. The van der Waals surface area contributed by atoms with Crippen LogP contribution in [0, 0.1) is 0 Å². The first-order valence-electron chi connectivity index (χ1n) is 6.77. The molecule has 1 saturated heterocycles. The Morgan fingerprint density at radius 1 is 1.26 bits per heavy atom. The first-order chi connectivity index (χ1) is 9.10. The molecular weight excluding hydrogens is 242 g/mol. The van der Waals surface area contributed by atoms with Crippen molar-refractivity contribution in [1.29, 1.82) is 0 Å². The highest BCUT2D eigenvalue weighted by Gasteiger charge is 2.22. The third-order valence-electron chi connectivity index (χ3n) is 3.16. The van der Waals surface area contributed by atoms with Gasteiger partial charge in [-0.3, -0.25) is 0 Å². The normalized spacial score (nSPS) is 23.2. The van der Waals surface area contributed by atoms with E-state index in [2.05, 4.69) is 18.7 Å². The SMILES string of the molecule is CCOC(=O)c1ccc(N2C[C@@H](C)O[C@@H](C)C2)cc1. The van der Waals surface area contributed by atoms with Crippen LogP contribution in [-0.4, -0.2) is 37.9 Å². The number of hydrogen-bond donors (Lipinski definition) is 0. The lowest BCUT2D eigenvalue weighted by Gasteiger charge is -2.36. The first-order valence-corrected chi connectivity index (χ1v) is 6.77. The molecule has 1 fully saturated rings. The molecule has 2 atom stereocenters. The Morgan fingerprint density at radius 3 is 2.37 bits per heavy atom. The first kappa shape index (κ1) is 13.9. The van der Waals surface area contributed by atoms with E-state index in [1.807, 2.05) is 31.2 Å². The van der Waals surface area contributed by atoms with Crippen molar-refractivity contribution in [3.8, 4) is 0 Å². The average Bonchev–Trinajstić information content (AvgIpc) is 2.38. The zero-order valence-corrected chi connectivity index (χ0v) is 11.8. The van der Waals surface area contributed by atoms with Crippen LogP contribution in [0.5, 0.6) is 0 Å². The van der Waals surface area contributed by atoms with Crippen LogP contribution in [0.15, 0.2) is 24.3 Å². The highest BCUT2D eigenvalue weighted by Crippen LogP contribution is 2.21. The van der Waals surface area contributed by atoms with Crippen LogP contribution >= 0.6 is 0 Å². The number of rotatable bonds is 3. The topological polar surface area (TPSA) is 38.8 Å². The van der Waals surface area contributed by atoms with Crippen LogP contribution in [0.2, 0.25) is 0 Å². The molecule has 0 amide bonds. The van der Waals surface area contributed by atoms with Gasteiger partial charge in [-0.25, -0.2) is 4.79 Å². The van der Waals surface area contributed by atoms with Crippen molar-refractivity contribution in [3.05, 3.63) is 29.8 Å². The summed E-state index contributed by atoms with van der Waals surface area (Å²) in [6, 6.07) is 7.57. The lowest BCUT2D eigenvalue weighted by atomic mass is 10.1. The molecular formula is C15H21NO3. The van der Waals surface area contributed by atoms with Gasteiger partial charge in [0.25, 0.3) is 0 Å². The van der Waals surface area contributed by atoms with Crippen molar-refractivity contribution in [2.75, 3.05) is 24.6 Å². The second-order valence-corrected chi connectivity index (χ2v) is 4.93. The van der Waals surface area contributed by atoms with Crippen LogP contribution in [0.25, 0.3) is 0 Å². The van der Waals surface area contributed by atoms with Crippen molar-refractivity contribution in [3.63, 3.8) is 0 Å². The molecule has 4 nitrogen and oxygen atoms in total. The van der Waals surface area contributed by atoms with E-state index in [9.17, 15) is 4.79 Å². The molecule has 0 radical (unpaired) electrons. The predicted octanol–water partition coefficient (Wildman–Crippen LogP) is 2.48. The second kappa shape index (κ2) is 6.06. The summed E-state index contributed by atoms with van der Waals surface area (Å²) in [5.74, 6) is -0.266. The monoisotopic (exact) mass is 263 g/mol. The maximum absolute atomic E-state index is 11.6. The molecule has 1 aliphatic rings. The van der Waals surface area contributed by atoms with Crippen LogP contribution in [-0.2, 0) is 9.47 Å². The molecule has 0 bridgehead atoms. The Hall–Kier alpha value is -1.55. The van der Waals surface area contributed by atoms with Gasteiger partial charge in [0.1, 0.15) is 0 Å². The van der Waals surface area contributed by atoms with Gasteiger partial charge in [-0.15, -0.1) is 0 Å². The van der Waals surface area contributed by atoms with Gasteiger partial charge in [0, 0.05) is 18.8 Å². The number of benzene rings is 1. The molecule has 0 unspecified atom stereocenters. The Kier molecular flexibility index (Phi) is 4.43. The molecule has 0 spiro atoms. The molecule has 19 heavy (non-hydrogen) atoms. The summed E-state index contributed by atoms with van der Waals surface area (Å²) in [4.78, 5) is 13.9. The maximum atomic E-state index is 11.6. The van der Waals surface area contributed by atoms with E-state index in [-0.39, 0.29) is 18.2 Å². The smallest absolute Gasteiger partial charge is 0.338 e. The molecule has 2 rings (SSSR count). The number of esters is 1. The Bertz CT molecular complexity index is 420. The summed E-state index contributed by atoms with van der Waals surface area (Å²) in [5.41, 5.74) is 1.72. The fraction of sp³-hybridized carbons (Fsp3) is 0.533. The predicted molar refractivity (Wildman–Crippen MR) is 74.6 cm³/mol. The number of anilines is 1. The van der Waals surface area contributed by atoms with Gasteiger partial charge < -0.3 is 14.4 Å². The van der Waals surface area contributed by atoms with Gasteiger partial charge in [0.15, 0.2) is 0 Å². The average molecular weight is 263 g/mol. The number of carbonyl (C=O) groups is 1. The van der Waals surface area contributed by atoms with E-state index in [0.717, 1.165) is 18.8 Å². The molecule has 0 saturated carbocycles. The highest BCUT2D eigenvalue weighted by atomic mass is 16.5. The van der Waals surface area contributed by atoms with Gasteiger partial charge in [-0.1, -0.05) is 0 Å². The maximum Gasteiger partial charge on any atom is 0.338 e. The molecule has 0 aliphatic carbocycles. The third-order valence-corrected chi connectivity index (χ3v) is 3.16. The standard InChI is InChI=1S/C15H21NO3/c1-4-18-15(17)13-5-7-14(8-6-13)16-9-11(2)19-12(3)10-16/h5-8,11-12H,4,9-10H2,1-3H3/t11-,12+. The Labute approximate surface area is 114 Å². The van der Waals surface area contributed by atoms with Crippen molar-refractivity contribution in [2.24, 2.45) is 0 Å². The summed E-state index contributed by atoms with van der Waals surface area (Å²) >= 11 is 0. The molecule has 0 aromatic heterocycles. The van der Waals surface area contributed by atoms with Crippen LogP contribution in [0.1, 0.15) is 31.1 Å². The highest BCUT2D eigenvalue weighted by molar-refractivity contribution is 5.89. The largest absolute Gasteiger partial charge is 0.462 e. The van der Waals surface area contributed by atoms with Gasteiger partial charge in [-0.05, 0) is 45.0 Å². The molecule has 0 N–H and O–H groups in total. The van der Waals surface area contributed by atoms with Crippen LogP contribution in [0.4, 0.5) is 5.69 Å². The minimum absolute atomic E-state index is 0.230. The van der Waals surface area contributed by atoms with Gasteiger partial charge in [0.2, 0.25) is 0 Å². The molecule has 1 heterocycles. The van der Waals surface area contributed by atoms with E-state index in [1.54, 1.807) is 0 Å². The summed E-state index contributed by atoms with van der Waals surface area (Å²) in [5, 5.41) is 0. The summed E-state index contributed by atoms with van der Waals surface area (Å²) < 4.78 is 10.7. The fourth-order valence-electron chi connectivity index (χ4n) is 2.41. The van der Waals surface area contributed by atoms with E-state index < -0.39 is 0 Å². The third kappa shape index (κ3) is 3.47. The van der Waals surface area contributed by atoms with E-state index >= 15 is 0 Å². The minimum atomic E-state index is -0.266. The van der Waals surface area contributed by atoms with Crippen molar-refractivity contribution < 1.29 is 14.3 Å². The summed E-state index contributed by atoms with van der Waals surface area (Å²) in [7, 11) is 0. The molecule has 4 heteroatoms. The van der Waals surface area contributed by atoms with Crippen molar-refractivity contribution in [2.45, 2.75) is 33.0 Å². The molecule has 104 valence electrons. The quantitative estimate of drug-likeness (QED) is 0.785. The Morgan fingerprint density at radius 2 is 1.84 bits per heavy atom. The number of nitrogens with zero attached hydrogens (tertiary/aromatic N) is 1. The lowest BCUT2D eigenvalue weighted by molar-refractivity contribution is -0.00522. The number of ether oxygens (including phenoxy) is 2. The zero-order chi connectivity index (χ0) is 13.8. The fourth-order valence-corrected chi connectivity index (χ4v) is 2.41. The number of carbonyl (C=O) groups excluding carboxylic acids is 1. The molecule has 1 aliphatic heterocycles.